The maximum atomic E-state index is 13.4. The fourth-order valence-corrected chi connectivity index (χ4v) is 3.77. The van der Waals surface area contributed by atoms with E-state index in [4.69, 9.17) is 16.7 Å². The molecule has 0 spiro atoms. The van der Waals surface area contributed by atoms with Crippen LogP contribution < -0.4 is 10.6 Å². The van der Waals surface area contributed by atoms with E-state index in [1.54, 1.807) is 53.7 Å². The number of halogens is 1. The number of fused-ring (bicyclic) bond motifs is 1. The summed E-state index contributed by atoms with van der Waals surface area (Å²) in [4.78, 5) is 26.3. The molecule has 0 saturated carbocycles. The van der Waals surface area contributed by atoms with Crippen molar-refractivity contribution >= 4 is 29.1 Å². The summed E-state index contributed by atoms with van der Waals surface area (Å²) >= 11 is 6.02. The van der Waals surface area contributed by atoms with Crippen LogP contribution in [0.25, 0.3) is 11.4 Å². The average Bonchev–Trinajstić information content (AvgIpc) is 3.23. The maximum Gasteiger partial charge on any atom is 0.255 e. The first-order valence-electron chi connectivity index (χ1n) is 9.92. The number of rotatable bonds is 4. The lowest BCUT2D eigenvalue weighted by atomic mass is 9.96. The van der Waals surface area contributed by atoms with Gasteiger partial charge in [0.1, 0.15) is 6.04 Å². The Morgan fingerprint density at radius 1 is 1.06 bits per heavy atom. The predicted octanol–water partition coefficient (Wildman–Crippen LogP) is 4.32. The molecule has 158 valence electrons. The van der Waals surface area contributed by atoms with Gasteiger partial charge in [0.15, 0.2) is 5.82 Å². The largest absolute Gasteiger partial charge is 0.328 e. The molecule has 0 bridgehead atoms. The summed E-state index contributed by atoms with van der Waals surface area (Å²) in [6.45, 7) is 1.85. The highest BCUT2D eigenvalue weighted by atomic mass is 35.5. The highest BCUT2D eigenvalue weighted by Crippen LogP contribution is 2.36. The van der Waals surface area contributed by atoms with Gasteiger partial charge in [0.25, 0.3) is 5.91 Å². The number of pyridine rings is 2. The van der Waals surface area contributed by atoms with E-state index in [1.807, 2.05) is 31.2 Å². The van der Waals surface area contributed by atoms with Crippen LogP contribution in [0.5, 0.6) is 0 Å². The van der Waals surface area contributed by atoms with Crippen LogP contribution in [0.15, 0.2) is 84.6 Å². The minimum absolute atomic E-state index is 0.258. The minimum atomic E-state index is -0.509. The van der Waals surface area contributed by atoms with Crippen molar-refractivity contribution in [3.63, 3.8) is 0 Å². The quantitative estimate of drug-likeness (QED) is 0.487. The van der Waals surface area contributed by atoms with Crippen LogP contribution in [0.3, 0.4) is 0 Å². The van der Waals surface area contributed by atoms with E-state index in [0.717, 1.165) is 11.1 Å². The van der Waals surface area contributed by atoms with Gasteiger partial charge in [-0.25, -0.2) is 4.68 Å². The first-order valence-corrected chi connectivity index (χ1v) is 10.3. The predicted molar refractivity (Wildman–Crippen MR) is 122 cm³/mol. The number of carbonyl (C=O) groups excluding carboxylic acids is 1. The third-order valence-electron chi connectivity index (χ3n) is 5.12. The Bertz CT molecular complexity index is 1300. The molecular weight excluding hydrogens is 426 g/mol. The molecule has 4 aromatic rings. The Kier molecular flexibility index (Phi) is 5.12. The summed E-state index contributed by atoms with van der Waals surface area (Å²) in [5, 5.41) is 11.5. The van der Waals surface area contributed by atoms with Gasteiger partial charge in [0, 0.05) is 34.9 Å². The van der Waals surface area contributed by atoms with Gasteiger partial charge in [-0.3, -0.25) is 14.8 Å². The van der Waals surface area contributed by atoms with Crippen molar-refractivity contribution in [2.45, 2.75) is 13.0 Å². The van der Waals surface area contributed by atoms with Crippen molar-refractivity contribution in [3.8, 4) is 11.4 Å². The summed E-state index contributed by atoms with van der Waals surface area (Å²) in [5.74, 6) is 0.810. The number of allylic oxidation sites excluding steroid dienone is 1. The number of hydrogen-bond acceptors (Lipinski definition) is 6. The van der Waals surface area contributed by atoms with Gasteiger partial charge in [0.05, 0.1) is 17.5 Å². The summed E-state index contributed by atoms with van der Waals surface area (Å²) < 4.78 is 1.71. The number of anilines is 2. The molecule has 1 atom stereocenters. The molecule has 1 aromatic carbocycles. The van der Waals surface area contributed by atoms with Crippen LogP contribution in [-0.4, -0.2) is 30.6 Å². The molecule has 1 aliphatic heterocycles. The number of benzene rings is 1. The second-order valence-electron chi connectivity index (χ2n) is 7.26. The van der Waals surface area contributed by atoms with Crippen LogP contribution in [-0.2, 0) is 4.79 Å². The zero-order chi connectivity index (χ0) is 22.1. The zero-order valence-electron chi connectivity index (χ0n) is 17.0. The Labute approximate surface area is 189 Å². The minimum Gasteiger partial charge on any atom is -0.328 e. The summed E-state index contributed by atoms with van der Waals surface area (Å²) in [7, 11) is 0. The van der Waals surface area contributed by atoms with Crippen LogP contribution in [0, 0.1) is 0 Å². The number of carbonyl (C=O) groups is 1. The molecule has 3 aromatic heterocycles. The van der Waals surface area contributed by atoms with Gasteiger partial charge in [-0.2, -0.15) is 4.98 Å². The summed E-state index contributed by atoms with van der Waals surface area (Å²) in [6, 6.07) is 14.1. The first kappa shape index (κ1) is 19.9. The topological polar surface area (TPSA) is 97.6 Å². The normalized spacial score (nSPS) is 15.1. The summed E-state index contributed by atoms with van der Waals surface area (Å²) in [6.07, 6.45) is 6.68. The van der Waals surface area contributed by atoms with Crippen LogP contribution in [0.4, 0.5) is 11.6 Å². The van der Waals surface area contributed by atoms with Gasteiger partial charge in [-0.1, -0.05) is 17.7 Å². The van der Waals surface area contributed by atoms with Crippen LogP contribution >= 0.6 is 11.6 Å². The van der Waals surface area contributed by atoms with Crippen molar-refractivity contribution in [3.05, 3.63) is 95.2 Å². The fourth-order valence-electron chi connectivity index (χ4n) is 3.65. The second-order valence-corrected chi connectivity index (χ2v) is 7.70. The van der Waals surface area contributed by atoms with E-state index in [2.05, 4.69) is 25.6 Å². The number of hydrogen-bond donors (Lipinski definition) is 2. The molecule has 0 fully saturated rings. The van der Waals surface area contributed by atoms with E-state index >= 15 is 0 Å². The Morgan fingerprint density at radius 2 is 1.81 bits per heavy atom. The maximum absolute atomic E-state index is 13.4. The highest BCUT2D eigenvalue weighted by Gasteiger charge is 2.34. The lowest BCUT2D eigenvalue weighted by molar-refractivity contribution is -0.113. The Balaban J connectivity index is 1.59. The molecule has 0 radical (unpaired) electrons. The second kappa shape index (κ2) is 8.24. The number of nitrogens with one attached hydrogen (secondary N) is 2. The third-order valence-corrected chi connectivity index (χ3v) is 5.37. The average molecular weight is 444 g/mol. The molecule has 2 N–H and O–H groups in total. The molecule has 0 aliphatic carbocycles. The van der Waals surface area contributed by atoms with Crippen LogP contribution in [0.1, 0.15) is 18.5 Å². The molecule has 0 saturated heterocycles. The van der Waals surface area contributed by atoms with Crippen molar-refractivity contribution in [2.75, 3.05) is 10.6 Å². The monoisotopic (exact) mass is 443 g/mol. The number of nitrogens with zero attached hydrogens (tertiary/aromatic N) is 5. The standard InChI is InChI=1S/C23H18ClN7O/c1-14-19(22(32)28-18-5-3-11-26-13-18)20(16-4-2-10-25-12-16)31-23(27-14)29-21(30-31)15-6-8-17(24)9-7-15/h2-13,20H,1H3,(H,28,32)(H,27,29,30). The molecule has 4 heterocycles. The highest BCUT2D eigenvalue weighted by molar-refractivity contribution is 6.30. The van der Waals surface area contributed by atoms with Gasteiger partial charge in [-0.05, 0) is 55.0 Å². The van der Waals surface area contributed by atoms with Crippen molar-refractivity contribution in [2.24, 2.45) is 0 Å². The number of amides is 1. The van der Waals surface area contributed by atoms with E-state index in [9.17, 15) is 4.79 Å². The molecule has 5 rings (SSSR count). The summed E-state index contributed by atoms with van der Waals surface area (Å²) in [5.41, 5.74) is 3.44. The molecule has 32 heavy (non-hydrogen) atoms. The Morgan fingerprint density at radius 3 is 2.50 bits per heavy atom. The van der Waals surface area contributed by atoms with E-state index in [1.165, 1.54) is 0 Å². The van der Waals surface area contributed by atoms with Gasteiger partial charge >= 0.3 is 0 Å². The van der Waals surface area contributed by atoms with Crippen molar-refractivity contribution in [1.29, 1.82) is 0 Å². The molecule has 1 aliphatic rings. The smallest absolute Gasteiger partial charge is 0.255 e. The molecule has 8 nitrogen and oxygen atoms in total. The number of aromatic nitrogens is 5. The van der Waals surface area contributed by atoms with Gasteiger partial charge < -0.3 is 10.6 Å². The zero-order valence-corrected chi connectivity index (χ0v) is 17.8. The molecular formula is C23H18ClN7O. The third kappa shape index (κ3) is 3.72. The van der Waals surface area contributed by atoms with Crippen molar-refractivity contribution in [1.82, 2.24) is 24.7 Å². The van der Waals surface area contributed by atoms with Gasteiger partial charge in [-0.15, -0.1) is 5.10 Å². The van der Waals surface area contributed by atoms with E-state index in [-0.39, 0.29) is 5.91 Å². The SMILES string of the molecule is CC1=C(C(=O)Nc2cccnc2)C(c2cccnc2)n2nc(-c3ccc(Cl)cc3)nc2N1. The molecule has 1 amide bonds. The van der Waals surface area contributed by atoms with Crippen LogP contribution in [0.2, 0.25) is 5.02 Å². The van der Waals surface area contributed by atoms with Gasteiger partial charge in [0.2, 0.25) is 5.95 Å². The Hall–Kier alpha value is -4.04. The van der Waals surface area contributed by atoms with E-state index in [0.29, 0.717) is 33.8 Å². The first-order chi connectivity index (χ1) is 15.6. The van der Waals surface area contributed by atoms with Crippen molar-refractivity contribution < 1.29 is 4.79 Å². The lowest BCUT2D eigenvalue weighted by Gasteiger charge is -2.28. The fraction of sp³-hybridized carbons (Fsp3) is 0.0870. The molecule has 9 heteroatoms. The lowest BCUT2D eigenvalue weighted by Crippen LogP contribution is -2.31. The molecule has 1 unspecified atom stereocenters. The van der Waals surface area contributed by atoms with E-state index < -0.39 is 6.04 Å².